The summed E-state index contributed by atoms with van der Waals surface area (Å²) in [5, 5.41) is 0. The van der Waals surface area contributed by atoms with Crippen molar-refractivity contribution < 1.29 is 27.5 Å². The van der Waals surface area contributed by atoms with Gasteiger partial charge in [0.2, 0.25) is 0 Å². The second-order valence-electron chi connectivity index (χ2n) is 3.21. The van der Waals surface area contributed by atoms with Gasteiger partial charge in [-0.15, -0.1) is 0 Å². The van der Waals surface area contributed by atoms with Crippen LogP contribution in [-0.2, 0) is 16.1 Å². The normalized spacial score (nSPS) is 11.3. The predicted octanol–water partition coefficient (Wildman–Crippen LogP) is 1.45. The van der Waals surface area contributed by atoms with Crippen LogP contribution in [0, 0.1) is 0 Å². The number of hydrogen-bond acceptors (Lipinski definition) is 5. The van der Waals surface area contributed by atoms with Crippen molar-refractivity contribution in [3.8, 4) is 0 Å². The quantitative estimate of drug-likeness (QED) is 0.495. The van der Waals surface area contributed by atoms with E-state index >= 15 is 0 Å². The first-order valence-electron chi connectivity index (χ1n) is 4.87. The summed E-state index contributed by atoms with van der Waals surface area (Å²) in [6.45, 7) is -1.56. The lowest BCUT2D eigenvalue weighted by molar-refractivity contribution is -0.190. The number of pyridine rings is 1. The Bertz CT molecular complexity index is 410. The number of nitrogens with one attached hydrogen (secondary N) is 1. The Balaban J connectivity index is 2.54. The minimum atomic E-state index is -4.41. The highest BCUT2D eigenvalue weighted by molar-refractivity contribution is 5.90. The summed E-state index contributed by atoms with van der Waals surface area (Å²) in [5.41, 5.74) is 2.50. The Morgan fingerprint density at radius 3 is 2.83 bits per heavy atom. The molecule has 0 spiro atoms. The number of hydrogen-bond donors (Lipinski definition) is 1. The van der Waals surface area contributed by atoms with Gasteiger partial charge in [0.1, 0.15) is 0 Å². The van der Waals surface area contributed by atoms with Crippen LogP contribution in [-0.4, -0.2) is 30.8 Å². The zero-order valence-corrected chi connectivity index (χ0v) is 9.45. The van der Waals surface area contributed by atoms with E-state index in [9.17, 15) is 18.0 Å². The van der Waals surface area contributed by atoms with Crippen molar-refractivity contribution in [2.24, 2.45) is 0 Å². The van der Waals surface area contributed by atoms with Crippen molar-refractivity contribution >= 4 is 5.97 Å². The lowest BCUT2D eigenvalue weighted by Gasteiger charge is -2.09. The monoisotopic (exact) mass is 264 g/mol. The molecule has 1 aromatic rings. The van der Waals surface area contributed by atoms with Crippen LogP contribution in [0.2, 0.25) is 0 Å². The molecule has 5 nitrogen and oxygen atoms in total. The van der Waals surface area contributed by atoms with Gasteiger partial charge >= 0.3 is 12.1 Å². The van der Waals surface area contributed by atoms with Crippen molar-refractivity contribution in [2.75, 3.05) is 13.7 Å². The highest BCUT2D eigenvalue weighted by Crippen LogP contribution is 2.14. The van der Waals surface area contributed by atoms with Crippen LogP contribution in [0.5, 0.6) is 0 Å². The van der Waals surface area contributed by atoms with Gasteiger partial charge in [-0.1, -0.05) is 0 Å². The highest BCUT2D eigenvalue weighted by Gasteiger charge is 2.27. The first-order chi connectivity index (χ1) is 8.44. The molecular formula is C10H11F3N2O3. The molecule has 0 aliphatic rings. The van der Waals surface area contributed by atoms with Crippen LogP contribution >= 0.6 is 0 Å². The van der Waals surface area contributed by atoms with Gasteiger partial charge in [-0.2, -0.15) is 18.7 Å². The molecule has 0 aliphatic carbocycles. The smallest absolute Gasteiger partial charge is 0.413 e. The summed E-state index contributed by atoms with van der Waals surface area (Å²) >= 11 is 0. The molecule has 0 fully saturated rings. The number of esters is 1. The summed E-state index contributed by atoms with van der Waals surface area (Å²) in [6.07, 6.45) is -3.00. The van der Waals surface area contributed by atoms with Gasteiger partial charge in [-0.3, -0.25) is 9.82 Å². The number of ether oxygens (including phenoxy) is 1. The summed E-state index contributed by atoms with van der Waals surface area (Å²) in [5.74, 6) is -0.615. The van der Waals surface area contributed by atoms with Gasteiger partial charge < -0.3 is 4.74 Å². The molecule has 0 unspecified atom stereocenters. The molecule has 0 aliphatic heterocycles. The molecule has 1 heterocycles. The molecule has 0 atom stereocenters. The van der Waals surface area contributed by atoms with Gasteiger partial charge in [-0.25, -0.2) is 4.79 Å². The molecule has 0 radical (unpaired) electrons. The Kier molecular flexibility index (Phi) is 5.05. The molecule has 0 aromatic carbocycles. The first-order valence-corrected chi connectivity index (χ1v) is 4.87. The number of alkyl halides is 3. The number of carbonyl (C=O) groups is 1. The fraction of sp³-hybridized carbons (Fsp3) is 0.400. The standard InChI is InChI=1S/C10H11F3N2O3/c1-17-9(16)7-3-2-4-14-8(7)5-15-18-6-10(11,12)13/h2-4,15H,5-6H2,1H3. The molecule has 8 heteroatoms. The van der Waals surface area contributed by atoms with E-state index < -0.39 is 18.8 Å². The third kappa shape index (κ3) is 4.68. The van der Waals surface area contributed by atoms with E-state index in [4.69, 9.17) is 0 Å². The van der Waals surface area contributed by atoms with Gasteiger partial charge in [0.05, 0.1) is 24.9 Å². The number of rotatable bonds is 5. The van der Waals surface area contributed by atoms with E-state index in [-0.39, 0.29) is 17.8 Å². The summed E-state index contributed by atoms with van der Waals surface area (Å²) in [6, 6.07) is 2.98. The van der Waals surface area contributed by atoms with Crippen LogP contribution in [0.4, 0.5) is 13.2 Å². The second-order valence-corrected chi connectivity index (χ2v) is 3.21. The van der Waals surface area contributed by atoms with Crippen molar-refractivity contribution in [3.63, 3.8) is 0 Å². The third-order valence-corrected chi connectivity index (χ3v) is 1.87. The minimum Gasteiger partial charge on any atom is -0.465 e. The van der Waals surface area contributed by atoms with Crippen molar-refractivity contribution in [1.29, 1.82) is 0 Å². The minimum absolute atomic E-state index is 0.138. The summed E-state index contributed by atoms with van der Waals surface area (Å²) in [4.78, 5) is 19.4. The molecule has 0 bridgehead atoms. The third-order valence-electron chi connectivity index (χ3n) is 1.87. The van der Waals surface area contributed by atoms with E-state index in [1.54, 1.807) is 0 Å². The van der Waals surface area contributed by atoms with Crippen LogP contribution in [0.15, 0.2) is 18.3 Å². The molecule has 1 rings (SSSR count). The van der Waals surface area contributed by atoms with Crippen LogP contribution in [0.1, 0.15) is 16.1 Å². The second kappa shape index (κ2) is 6.31. The van der Waals surface area contributed by atoms with E-state index in [0.29, 0.717) is 0 Å². The van der Waals surface area contributed by atoms with Crippen molar-refractivity contribution in [1.82, 2.24) is 10.5 Å². The fourth-order valence-corrected chi connectivity index (χ4v) is 1.13. The van der Waals surface area contributed by atoms with Crippen LogP contribution in [0.3, 0.4) is 0 Å². The number of methoxy groups -OCH3 is 1. The summed E-state index contributed by atoms with van der Waals surface area (Å²) < 4.78 is 39.9. The maximum atomic E-state index is 11.8. The Labute approximate surface area is 101 Å². The Hall–Kier alpha value is -1.67. The first kappa shape index (κ1) is 14.4. The molecule has 0 saturated carbocycles. The average molecular weight is 264 g/mol. The largest absolute Gasteiger partial charge is 0.465 e. The topological polar surface area (TPSA) is 60.5 Å². The van der Waals surface area contributed by atoms with Gasteiger partial charge in [-0.05, 0) is 12.1 Å². The van der Waals surface area contributed by atoms with E-state index in [1.165, 1.54) is 25.4 Å². The Morgan fingerprint density at radius 2 is 2.22 bits per heavy atom. The van der Waals surface area contributed by atoms with Crippen LogP contribution in [0.25, 0.3) is 0 Å². The lowest BCUT2D eigenvalue weighted by atomic mass is 10.2. The zero-order chi connectivity index (χ0) is 13.6. The number of carbonyl (C=O) groups excluding carboxylic acids is 1. The maximum Gasteiger partial charge on any atom is 0.413 e. The number of halogens is 3. The predicted molar refractivity (Wildman–Crippen MR) is 54.4 cm³/mol. The molecule has 0 saturated heterocycles. The number of aromatic nitrogens is 1. The van der Waals surface area contributed by atoms with E-state index in [0.717, 1.165) is 0 Å². The highest BCUT2D eigenvalue weighted by atomic mass is 19.4. The Morgan fingerprint density at radius 1 is 1.50 bits per heavy atom. The molecular weight excluding hydrogens is 253 g/mol. The van der Waals surface area contributed by atoms with E-state index in [1.807, 2.05) is 0 Å². The fourth-order valence-electron chi connectivity index (χ4n) is 1.13. The lowest BCUT2D eigenvalue weighted by Crippen LogP contribution is -2.25. The van der Waals surface area contributed by atoms with Gasteiger partial charge in [0.15, 0.2) is 6.61 Å². The van der Waals surface area contributed by atoms with Crippen LogP contribution < -0.4 is 5.48 Å². The molecule has 0 amide bonds. The van der Waals surface area contributed by atoms with E-state index in [2.05, 4.69) is 20.0 Å². The molecule has 100 valence electrons. The van der Waals surface area contributed by atoms with Crippen molar-refractivity contribution in [3.05, 3.63) is 29.6 Å². The number of nitrogens with zero attached hydrogens (tertiary/aromatic N) is 1. The summed E-state index contributed by atoms with van der Waals surface area (Å²) in [7, 11) is 1.20. The molecule has 18 heavy (non-hydrogen) atoms. The van der Waals surface area contributed by atoms with Gasteiger partial charge in [0.25, 0.3) is 0 Å². The molecule has 1 aromatic heterocycles. The maximum absolute atomic E-state index is 11.8. The zero-order valence-electron chi connectivity index (χ0n) is 9.45. The van der Waals surface area contributed by atoms with Crippen molar-refractivity contribution in [2.45, 2.75) is 12.7 Å². The van der Waals surface area contributed by atoms with Gasteiger partial charge in [0, 0.05) is 6.20 Å². The SMILES string of the molecule is COC(=O)c1cccnc1CNOCC(F)(F)F. The molecule has 1 N–H and O–H groups in total. The average Bonchev–Trinajstić information content (AvgIpc) is 2.33. The number of hydroxylamine groups is 1.